The van der Waals surface area contributed by atoms with E-state index in [2.05, 4.69) is 64.5 Å². The summed E-state index contributed by atoms with van der Waals surface area (Å²) >= 11 is 0. The molecule has 0 atom stereocenters. The van der Waals surface area contributed by atoms with Gasteiger partial charge in [-0.15, -0.1) is 0 Å². The van der Waals surface area contributed by atoms with Gasteiger partial charge < -0.3 is 9.13 Å². The minimum Gasteiger partial charge on any atom is -0.313 e. The summed E-state index contributed by atoms with van der Waals surface area (Å²) in [4.78, 5) is 0. The lowest BCUT2D eigenvalue weighted by molar-refractivity contribution is 0.226. The van der Waals surface area contributed by atoms with Crippen LogP contribution in [-0.4, -0.2) is 68.8 Å². The molecule has 0 bridgehead atoms. The van der Waals surface area contributed by atoms with Crippen molar-refractivity contribution in [2.75, 3.05) is 0 Å². The number of hydrogen-bond donors (Lipinski definition) is 0. The molecular formula is C12H36N2Si4. The first-order valence-corrected chi connectivity index (χ1v) is 21.0. The fourth-order valence-electron chi connectivity index (χ4n) is 3.92. The topological polar surface area (TPSA) is 6.48 Å². The quantitative estimate of drug-likeness (QED) is 0.582. The highest BCUT2D eigenvalue weighted by Crippen LogP contribution is 2.22. The zero-order valence-corrected chi connectivity index (χ0v) is 20.8. The van der Waals surface area contributed by atoms with Gasteiger partial charge in [0.05, 0.1) is 0 Å². The first-order valence-electron chi connectivity index (χ1n) is 7.66. The predicted molar refractivity (Wildman–Crippen MR) is 98.4 cm³/mol. The van der Waals surface area contributed by atoms with Crippen molar-refractivity contribution in [1.82, 2.24) is 9.13 Å². The zero-order valence-electron chi connectivity index (χ0n) is 14.4. The second kappa shape index (κ2) is 7.54. The van der Waals surface area contributed by atoms with Gasteiger partial charge in [-0.2, -0.15) is 0 Å². The molecule has 18 heavy (non-hydrogen) atoms. The van der Waals surface area contributed by atoms with Crippen LogP contribution in [0, 0.1) is 0 Å². The molecule has 110 valence electrons. The Hall–Kier alpha value is 0.788. The highest BCUT2D eigenvalue weighted by atomic mass is 29.8. The van der Waals surface area contributed by atoms with E-state index in [4.69, 9.17) is 0 Å². The average molecular weight is 321 g/mol. The van der Waals surface area contributed by atoms with Gasteiger partial charge in [0.2, 0.25) is 0 Å². The molecule has 0 unspecified atom stereocenters. The molecule has 0 aliphatic rings. The minimum atomic E-state index is -1.23. The fraction of sp³-hybridized carbons (Fsp3) is 1.00. The molecule has 0 spiro atoms. The average Bonchev–Trinajstić information content (AvgIpc) is 2.14. The molecule has 0 amide bonds. The van der Waals surface area contributed by atoms with Crippen molar-refractivity contribution in [3.05, 3.63) is 0 Å². The third kappa shape index (κ3) is 4.14. The van der Waals surface area contributed by atoms with E-state index >= 15 is 0 Å². The highest BCUT2D eigenvalue weighted by molar-refractivity contribution is 7.53. The molecule has 0 aliphatic carbocycles. The van der Waals surface area contributed by atoms with Crippen LogP contribution in [0.3, 0.4) is 0 Å². The molecule has 2 nitrogen and oxygen atoms in total. The van der Waals surface area contributed by atoms with Crippen molar-refractivity contribution in [3.63, 3.8) is 0 Å². The van der Waals surface area contributed by atoms with Crippen LogP contribution < -0.4 is 0 Å². The van der Waals surface area contributed by atoms with Crippen LogP contribution in [0.1, 0.15) is 55.4 Å². The normalized spacial score (nSPS) is 15.0. The Bertz CT molecular complexity index is 208. The summed E-state index contributed by atoms with van der Waals surface area (Å²) in [7, 11) is 1.82. The molecule has 0 aliphatic heterocycles. The van der Waals surface area contributed by atoms with E-state index in [-0.39, 0.29) is 8.55 Å². The lowest BCUT2D eigenvalue weighted by Gasteiger charge is -2.54. The van der Waals surface area contributed by atoms with Crippen LogP contribution in [0.2, 0.25) is 0 Å². The summed E-state index contributed by atoms with van der Waals surface area (Å²) in [5, 5.41) is 0. The maximum absolute atomic E-state index is 2.96. The summed E-state index contributed by atoms with van der Waals surface area (Å²) in [6.45, 7) is 19.3. The van der Waals surface area contributed by atoms with Gasteiger partial charge in [-0.05, 0) is 33.9 Å². The third-order valence-electron chi connectivity index (χ3n) is 4.01. The van der Waals surface area contributed by atoms with Crippen LogP contribution in [0.15, 0.2) is 0 Å². The van der Waals surface area contributed by atoms with E-state index in [1.54, 1.807) is 0 Å². The van der Waals surface area contributed by atoms with Crippen molar-refractivity contribution in [3.8, 4) is 0 Å². The molecule has 0 N–H and O–H groups in total. The molecule has 0 aromatic rings. The number of nitrogens with zero attached hydrogens (tertiary/aromatic N) is 2. The van der Waals surface area contributed by atoms with Gasteiger partial charge in [0.25, 0.3) is 0 Å². The molecule has 0 heterocycles. The third-order valence-corrected chi connectivity index (χ3v) is 50.1. The van der Waals surface area contributed by atoms with Crippen LogP contribution in [0.5, 0.6) is 0 Å². The fourth-order valence-corrected chi connectivity index (χ4v) is 28.7. The van der Waals surface area contributed by atoms with E-state index in [0.717, 1.165) is 24.2 Å². The Labute approximate surface area is 124 Å². The summed E-state index contributed by atoms with van der Waals surface area (Å²) < 4.78 is 5.91. The lowest BCUT2D eigenvalue weighted by atomic mass is 10.3. The summed E-state index contributed by atoms with van der Waals surface area (Å²) in [6.07, 6.45) is 0. The number of rotatable bonds is 7. The van der Waals surface area contributed by atoms with Gasteiger partial charge in [0.1, 0.15) is 0 Å². The van der Waals surface area contributed by atoms with E-state index in [0.29, 0.717) is 0 Å². The van der Waals surface area contributed by atoms with Crippen LogP contribution in [-0.2, 0) is 0 Å². The molecule has 0 saturated carbocycles. The van der Waals surface area contributed by atoms with Gasteiger partial charge in [0.15, 0.2) is 7.43 Å². The van der Waals surface area contributed by atoms with E-state index in [9.17, 15) is 0 Å². The summed E-state index contributed by atoms with van der Waals surface area (Å²) in [6, 6.07) is 2.87. The maximum atomic E-state index is 2.96. The largest absolute Gasteiger partial charge is 0.313 e. The minimum absolute atomic E-state index is 0.157. The number of hydrogen-bond acceptors (Lipinski definition) is 2. The van der Waals surface area contributed by atoms with Crippen molar-refractivity contribution in [1.29, 1.82) is 0 Å². The van der Waals surface area contributed by atoms with Gasteiger partial charge in [-0.25, -0.2) is 0 Å². The summed E-state index contributed by atoms with van der Waals surface area (Å²) in [5.41, 5.74) is 0. The first-order chi connectivity index (χ1) is 8.09. The van der Waals surface area contributed by atoms with Crippen LogP contribution in [0.4, 0.5) is 0 Å². The van der Waals surface area contributed by atoms with E-state index < -0.39 is 7.43 Å². The van der Waals surface area contributed by atoms with Crippen molar-refractivity contribution >= 4 is 35.5 Å². The SMILES string of the molecule is CC(C)N(C(C)C)[Si]([SiH3])([SiH2][SiH3])N(C(C)C)C(C)C. The highest BCUT2D eigenvalue weighted by Gasteiger charge is 2.43. The van der Waals surface area contributed by atoms with Crippen molar-refractivity contribution < 1.29 is 0 Å². The molecule has 6 heteroatoms. The molecule has 0 fully saturated rings. The van der Waals surface area contributed by atoms with E-state index in [1.807, 2.05) is 0 Å². The maximum Gasteiger partial charge on any atom is 0.157 e. The Morgan fingerprint density at radius 2 is 0.944 bits per heavy atom. The van der Waals surface area contributed by atoms with Crippen LogP contribution >= 0.6 is 0 Å². The zero-order chi connectivity index (χ0) is 14.7. The Morgan fingerprint density at radius 3 is 1.06 bits per heavy atom. The molecule has 0 saturated heterocycles. The Morgan fingerprint density at radius 1 is 0.722 bits per heavy atom. The predicted octanol–water partition coefficient (Wildman–Crippen LogP) is -0.526. The smallest absolute Gasteiger partial charge is 0.157 e. The summed E-state index contributed by atoms with van der Waals surface area (Å²) in [5.74, 6) is 0. The molecule has 0 radical (unpaired) electrons. The van der Waals surface area contributed by atoms with E-state index in [1.165, 1.54) is 19.5 Å². The monoisotopic (exact) mass is 320 g/mol. The van der Waals surface area contributed by atoms with Gasteiger partial charge in [-0.1, -0.05) is 55.4 Å². The first kappa shape index (κ1) is 18.8. The molecular weight excluding hydrogens is 284 g/mol. The second-order valence-electron chi connectivity index (χ2n) is 6.76. The van der Waals surface area contributed by atoms with Gasteiger partial charge in [0, 0.05) is 18.3 Å². The Balaban J connectivity index is 5.53. The second-order valence-corrected chi connectivity index (χ2v) is 32.5. The lowest BCUT2D eigenvalue weighted by Crippen LogP contribution is -2.76. The standard InChI is InChI=1S/C12H36N2Si4/c1-9(2)13(10(3)4)18(16,17-15)14(11(5)6)12(7)8/h9-12H,17H2,1-8,15-16H3. The molecule has 0 aromatic heterocycles. The van der Waals surface area contributed by atoms with Crippen LogP contribution in [0.25, 0.3) is 0 Å². The molecule has 0 rings (SSSR count). The van der Waals surface area contributed by atoms with Gasteiger partial charge >= 0.3 is 0 Å². The van der Waals surface area contributed by atoms with Crippen molar-refractivity contribution in [2.24, 2.45) is 0 Å². The Kier molecular flexibility index (Phi) is 7.87. The van der Waals surface area contributed by atoms with Crippen molar-refractivity contribution in [2.45, 2.75) is 79.6 Å². The van der Waals surface area contributed by atoms with Gasteiger partial charge in [-0.3, -0.25) is 0 Å². The molecule has 0 aromatic carbocycles.